The van der Waals surface area contributed by atoms with E-state index in [1.807, 2.05) is 36.4 Å². The first-order valence-corrected chi connectivity index (χ1v) is 12.8. The second-order valence-corrected chi connectivity index (χ2v) is 10.1. The van der Waals surface area contributed by atoms with E-state index in [-0.39, 0.29) is 47.4 Å². The number of nitrogens with zero attached hydrogens (tertiary/aromatic N) is 2. The minimum absolute atomic E-state index is 0. The molecule has 7 nitrogen and oxygen atoms in total. The SMILES string of the molecule is O=C([O-])CCc1ccccc1CN(CCCNS(=O)(=O)c1ccc(Cl)cc1)Cc1cccnc1.[Na+]. The molecular formula is C25H27ClN3NaO4S. The second-order valence-electron chi connectivity index (χ2n) is 7.92. The maximum absolute atomic E-state index is 12.5. The summed E-state index contributed by atoms with van der Waals surface area (Å²) in [6.07, 6.45) is 4.48. The monoisotopic (exact) mass is 523 g/mol. The van der Waals surface area contributed by atoms with Gasteiger partial charge in [0.25, 0.3) is 0 Å². The van der Waals surface area contributed by atoms with Gasteiger partial charge in [-0.05, 0) is 66.3 Å². The topological polar surface area (TPSA) is 102 Å². The van der Waals surface area contributed by atoms with E-state index in [9.17, 15) is 18.3 Å². The average molecular weight is 524 g/mol. The van der Waals surface area contributed by atoms with Crippen LogP contribution in [0.25, 0.3) is 0 Å². The fraction of sp³-hybridized carbons (Fsp3) is 0.280. The number of halogens is 1. The normalized spacial score (nSPS) is 11.3. The van der Waals surface area contributed by atoms with Crippen molar-refractivity contribution in [2.45, 2.75) is 37.2 Å². The molecule has 180 valence electrons. The van der Waals surface area contributed by atoms with Gasteiger partial charge in [-0.15, -0.1) is 0 Å². The van der Waals surface area contributed by atoms with Crippen LogP contribution in [0.4, 0.5) is 0 Å². The number of sulfonamides is 1. The first-order valence-electron chi connectivity index (χ1n) is 11.0. The average Bonchev–Trinajstić information content (AvgIpc) is 2.82. The second kappa shape index (κ2) is 14.7. The summed E-state index contributed by atoms with van der Waals surface area (Å²) in [6.45, 7) is 2.14. The fourth-order valence-electron chi connectivity index (χ4n) is 3.60. The summed E-state index contributed by atoms with van der Waals surface area (Å²) >= 11 is 5.85. The molecule has 0 aliphatic heterocycles. The molecule has 0 amide bonds. The Morgan fingerprint density at radius 2 is 1.71 bits per heavy atom. The molecule has 10 heteroatoms. The molecule has 0 unspecified atom stereocenters. The van der Waals surface area contributed by atoms with Crippen LogP contribution >= 0.6 is 11.6 Å². The van der Waals surface area contributed by atoms with Crippen molar-refractivity contribution in [2.24, 2.45) is 0 Å². The summed E-state index contributed by atoms with van der Waals surface area (Å²) in [4.78, 5) is 17.5. The van der Waals surface area contributed by atoms with Gasteiger partial charge in [0.2, 0.25) is 10.0 Å². The van der Waals surface area contributed by atoms with Gasteiger partial charge in [0.1, 0.15) is 0 Å². The van der Waals surface area contributed by atoms with E-state index in [1.54, 1.807) is 24.5 Å². The Morgan fingerprint density at radius 1 is 1.00 bits per heavy atom. The number of nitrogens with one attached hydrogen (secondary N) is 1. The Balaban J connectivity index is 0.00000432. The van der Waals surface area contributed by atoms with Crippen molar-refractivity contribution in [3.8, 4) is 0 Å². The van der Waals surface area contributed by atoms with Gasteiger partial charge >= 0.3 is 29.6 Å². The molecule has 0 atom stereocenters. The Labute approximate surface area is 233 Å². The maximum atomic E-state index is 12.5. The van der Waals surface area contributed by atoms with Gasteiger partial charge in [-0.3, -0.25) is 9.88 Å². The Kier molecular flexibility index (Phi) is 12.4. The Morgan fingerprint density at radius 3 is 2.37 bits per heavy atom. The van der Waals surface area contributed by atoms with Crippen LogP contribution in [0.5, 0.6) is 0 Å². The number of pyridine rings is 1. The van der Waals surface area contributed by atoms with Gasteiger partial charge in [-0.25, -0.2) is 13.1 Å². The quantitative estimate of drug-likeness (QED) is 0.246. The molecular weight excluding hydrogens is 497 g/mol. The molecule has 3 aromatic rings. The summed E-state index contributed by atoms with van der Waals surface area (Å²) in [5.74, 6) is -1.07. The summed E-state index contributed by atoms with van der Waals surface area (Å²) in [5, 5.41) is 11.4. The van der Waals surface area contributed by atoms with Gasteiger partial charge in [0.05, 0.1) is 4.90 Å². The first kappa shape index (κ1) is 29.5. The third-order valence-electron chi connectivity index (χ3n) is 5.31. The molecule has 0 fully saturated rings. The standard InChI is InChI=1S/C25H28ClN3O4S.Na/c26-23-9-11-24(12-10-23)34(32,33)28-15-4-16-29(18-20-5-3-14-27-17-20)19-22-7-2-1-6-21(22)8-13-25(30)31;/h1-3,5-7,9-12,14,17,28H,4,8,13,15-16,18-19H2,(H,30,31);/q;+1/p-1. The molecule has 0 saturated carbocycles. The number of benzene rings is 2. The summed E-state index contributed by atoms with van der Waals surface area (Å²) in [6, 6.07) is 17.7. The molecule has 0 radical (unpaired) electrons. The predicted octanol–water partition coefficient (Wildman–Crippen LogP) is -0.208. The zero-order valence-electron chi connectivity index (χ0n) is 19.7. The zero-order valence-corrected chi connectivity index (χ0v) is 23.3. The molecule has 1 N–H and O–H groups in total. The molecule has 1 aromatic heterocycles. The molecule has 0 aliphatic carbocycles. The fourth-order valence-corrected chi connectivity index (χ4v) is 4.80. The van der Waals surface area contributed by atoms with E-state index in [4.69, 9.17) is 11.6 Å². The molecule has 1 heterocycles. The van der Waals surface area contributed by atoms with E-state index >= 15 is 0 Å². The number of aryl methyl sites for hydroxylation is 1. The van der Waals surface area contributed by atoms with Crippen LogP contribution in [0.3, 0.4) is 0 Å². The Hall–Kier alpha value is -1.78. The maximum Gasteiger partial charge on any atom is 1.00 e. The van der Waals surface area contributed by atoms with E-state index in [0.717, 1.165) is 16.7 Å². The van der Waals surface area contributed by atoms with Crippen molar-refractivity contribution in [3.05, 3.63) is 94.8 Å². The number of carboxylic acid groups (broad SMARTS) is 1. The van der Waals surface area contributed by atoms with E-state index in [2.05, 4.69) is 14.6 Å². The molecule has 0 aliphatic rings. The largest absolute Gasteiger partial charge is 1.00 e. The molecule has 0 saturated heterocycles. The van der Waals surface area contributed by atoms with Gasteiger partial charge in [0, 0.05) is 49.6 Å². The Bertz CT molecular complexity index is 1180. The number of carbonyl (C=O) groups is 1. The predicted molar refractivity (Wildman–Crippen MR) is 129 cm³/mol. The van der Waals surface area contributed by atoms with Crippen LogP contribution in [0.1, 0.15) is 29.5 Å². The zero-order chi connectivity index (χ0) is 24.4. The van der Waals surface area contributed by atoms with Crippen molar-refractivity contribution in [3.63, 3.8) is 0 Å². The number of aromatic nitrogens is 1. The molecule has 0 bridgehead atoms. The van der Waals surface area contributed by atoms with Gasteiger partial charge in [-0.1, -0.05) is 41.9 Å². The van der Waals surface area contributed by atoms with Crippen LogP contribution in [0.15, 0.2) is 78.0 Å². The van der Waals surface area contributed by atoms with Crippen molar-refractivity contribution in [2.75, 3.05) is 13.1 Å². The van der Waals surface area contributed by atoms with Gasteiger partial charge < -0.3 is 9.90 Å². The van der Waals surface area contributed by atoms with Crippen LogP contribution in [-0.2, 0) is 34.3 Å². The van der Waals surface area contributed by atoms with Gasteiger partial charge in [0.15, 0.2) is 0 Å². The summed E-state index contributed by atoms with van der Waals surface area (Å²) < 4.78 is 27.7. The third-order valence-corrected chi connectivity index (χ3v) is 7.04. The van der Waals surface area contributed by atoms with E-state index in [0.29, 0.717) is 37.5 Å². The van der Waals surface area contributed by atoms with E-state index in [1.165, 1.54) is 12.1 Å². The first-order chi connectivity index (χ1) is 16.3. The number of aliphatic carboxylic acids is 1. The minimum Gasteiger partial charge on any atom is -0.550 e. The van der Waals surface area contributed by atoms with Crippen LogP contribution in [0, 0.1) is 0 Å². The smallest absolute Gasteiger partial charge is 0.550 e. The van der Waals surface area contributed by atoms with Crippen LogP contribution in [0.2, 0.25) is 5.02 Å². The number of rotatable bonds is 13. The van der Waals surface area contributed by atoms with Gasteiger partial charge in [-0.2, -0.15) is 0 Å². The minimum atomic E-state index is -3.61. The van der Waals surface area contributed by atoms with Crippen molar-refractivity contribution >= 4 is 27.6 Å². The molecule has 35 heavy (non-hydrogen) atoms. The van der Waals surface area contributed by atoms with Crippen molar-refractivity contribution in [1.29, 1.82) is 0 Å². The number of hydrogen-bond acceptors (Lipinski definition) is 6. The van der Waals surface area contributed by atoms with Crippen molar-refractivity contribution in [1.82, 2.24) is 14.6 Å². The van der Waals surface area contributed by atoms with Crippen LogP contribution in [-0.4, -0.2) is 37.4 Å². The number of hydrogen-bond donors (Lipinski definition) is 1. The van der Waals surface area contributed by atoms with Crippen LogP contribution < -0.4 is 39.4 Å². The third kappa shape index (κ3) is 10.0. The summed E-state index contributed by atoms with van der Waals surface area (Å²) in [5.41, 5.74) is 3.04. The molecule has 3 rings (SSSR count). The van der Waals surface area contributed by atoms with E-state index < -0.39 is 16.0 Å². The number of carboxylic acids is 1. The molecule has 2 aromatic carbocycles. The molecule has 0 spiro atoms. The summed E-state index contributed by atoms with van der Waals surface area (Å²) in [7, 11) is -3.61. The number of carbonyl (C=O) groups excluding carboxylic acids is 1. The van der Waals surface area contributed by atoms with Crippen molar-refractivity contribution < 1.29 is 47.9 Å².